The maximum absolute atomic E-state index is 6.25. The zero-order valence-corrected chi connectivity index (χ0v) is 12.7. The summed E-state index contributed by atoms with van der Waals surface area (Å²) in [5.74, 6) is 0. The normalized spacial score (nSPS) is 0.857. The van der Waals surface area contributed by atoms with E-state index < -0.39 is 0 Å². The average Bonchev–Trinajstić information content (AvgIpc) is 2.33. The Balaban J connectivity index is -0.00000000500. The molecule has 60 valence electrons. The number of hydrogen-bond donors (Lipinski definition) is 0. The molecule has 0 saturated heterocycles. The third-order valence-corrected chi connectivity index (χ3v) is 0. The van der Waals surface area contributed by atoms with Gasteiger partial charge in [0.15, 0.2) is 0 Å². The van der Waals surface area contributed by atoms with Crippen LogP contribution in [-0.2, 0) is 19.5 Å². The standard InChI is InChI=1S/6CN.Sn.Zn/c6*1-2;;/q6*-1;+4;+2. The minimum atomic E-state index is 0. The van der Waals surface area contributed by atoms with Gasteiger partial charge in [-0.15, -0.1) is 0 Å². The summed E-state index contributed by atoms with van der Waals surface area (Å²) < 4.78 is 0. The molecule has 0 saturated carbocycles. The van der Waals surface area contributed by atoms with Crippen molar-refractivity contribution in [3.05, 3.63) is 39.4 Å². The summed E-state index contributed by atoms with van der Waals surface area (Å²) in [4.78, 5) is 0. The molecule has 0 aromatic carbocycles. The SMILES string of the molecule is [C-]#N.[C-]#N.[C-]#N.[C-]#N.[C-]#N.[C-]#N.[Sn+4].[Zn+2]. The third-order valence-electron chi connectivity index (χ3n) is 0. The van der Waals surface area contributed by atoms with Gasteiger partial charge in [0.2, 0.25) is 0 Å². The van der Waals surface area contributed by atoms with E-state index in [1.54, 1.807) is 0 Å². The zero-order valence-electron chi connectivity index (χ0n) is 6.89. The van der Waals surface area contributed by atoms with Crippen LogP contribution in [0.1, 0.15) is 0 Å². The summed E-state index contributed by atoms with van der Waals surface area (Å²) in [7, 11) is 0. The fourth-order valence-electron chi connectivity index (χ4n) is 0. The molecule has 8 heteroatoms. The quantitative estimate of drug-likeness (QED) is 0.455. The smallest absolute Gasteiger partial charge is 0.512 e. The van der Waals surface area contributed by atoms with Crippen LogP contribution in [0.4, 0.5) is 0 Å². The molecule has 0 rings (SSSR count). The van der Waals surface area contributed by atoms with Crippen molar-refractivity contribution in [2.45, 2.75) is 0 Å². The predicted molar refractivity (Wildman–Crippen MR) is 35.6 cm³/mol. The molecular weight excluding hydrogens is 340 g/mol. The van der Waals surface area contributed by atoms with Crippen LogP contribution in [0.2, 0.25) is 0 Å². The minimum absolute atomic E-state index is 0. The number of rotatable bonds is 0. The second kappa shape index (κ2) is 455. The van der Waals surface area contributed by atoms with E-state index in [9.17, 15) is 0 Å². The second-order valence-electron chi connectivity index (χ2n) is 0. The summed E-state index contributed by atoms with van der Waals surface area (Å²) in [6, 6.07) is 0. The maximum atomic E-state index is 6.25. The molecule has 0 unspecified atom stereocenters. The molecule has 0 atom stereocenters. The molecule has 0 amide bonds. The summed E-state index contributed by atoms with van der Waals surface area (Å²) in [6.45, 7) is 28.5. The van der Waals surface area contributed by atoms with Crippen molar-refractivity contribution < 1.29 is 19.5 Å². The van der Waals surface area contributed by atoms with Crippen molar-refractivity contribution in [2.24, 2.45) is 0 Å². The van der Waals surface area contributed by atoms with Crippen molar-refractivity contribution in [3.63, 3.8) is 0 Å². The Morgan fingerprint density at radius 3 is 0.357 bits per heavy atom. The topological polar surface area (TPSA) is 143 Å². The second-order valence-corrected chi connectivity index (χ2v) is 0. The number of nitrogens with zero attached hydrogens (tertiary/aromatic N) is 6. The molecule has 6 nitrogen and oxygen atoms in total. The Bertz CT molecular complexity index is 97.3. The van der Waals surface area contributed by atoms with Gasteiger partial charge in [0.25, 0.3) is 0 Å². The molecule has 0 aromatic heterocycles. The molecular formula is C6N6SnZn. The van der Waals surface area contributed by atoms with E-state index in [-0.39, 0.29) is 43.4 Å². The van der Waals surface area contributed by atoms with Crippen LogP contribution < -0.4 is 0 Å². The number of hydrogen-bond acceptors (Lipinski definition) is 6. The first-order chi connectivity index (χ1) is 6.00. The molecule has 0 aliphatic carbocycles. The van der Waals surface area contributed by atoms with Crippen molar-refractivity contribution in [1.82, 2.24) is 0 Å². The van der Waals surface area contributed by atoms with Gasteiger partial charge in [0, 0.05) is 0 Å². The average molecular weight is 340 g/mol. The van der Waals surface area contributed by atoms with E-state index in [1.807, 2.05) is 0 Å². The van der Waals surface area contributed by atoms with Gasteiger partial charge in [-0.1, -0.05) is 0 Å². The first-order valence-corrected chi connectivity index (χ1v) is 1.34. The Hall–Kier alpha value is -1.64. The van der Waals surface area contributed by atoms with Gasteiger partial charge in [0.1, 0.15) is 0 Å². The van der Waals surface area contributed by atoms with Crippen LogP contribution in [0.5, 0.6) is 0 Å². The Morgan fingerprint density at radius 2 is 0.357 bits per heavy atom. The zero-order chi connectivity index (χ0) is 12.0. The van der Waals surface area contributed by atoms with E-state index in [1.165, 1.54) is 0 Å². The molecule has 0 aliphatic heterocycles. The third kappa shape index (κ3) is 339. The fourth-order valence-corrected chi connectivity index (χ4v) is 0. The van der Waals surface area contributed by atoms with Crippen LogP contribution in [0, 0.1) is 71.0 Å². The molecule has 0 radical (unpaired) electrons. The molecule has 14 heavy (non-hydrogen) atoms. The van der Waals surface area contributed by atoms with Gasteiger partial charge in [-0.3, -0.25) is 0 Å². The molecule has 0 heterocycles. The van der Waals surface area contributed by atoms with Crippen LogP contribution >= 0.6 is 0 Å². The maximum Gasteiger partial charge on any atom is 4.00 e. The Labute approximate surface area is 114 Å². The molecule has 0 N–H and O–H groups in total. The summed E-state index contributed by atoms with van der Waals surface area (Å²) in [5, 5.41) is 37.5. The van der Waals surface area contributed by atoms with Crippen molar-refractivity contribution in [3.8, 4) is 0 Å². The predicted octanol–water partition coefficient (Wildman–Crippen LogP) is 0.195. The first kappa shape index (κ1) is 83.9. The monoisotopic (exact) mass is 340 g/mol. The van der Waals surface area contributed by atoms with E-state index in [2.05, 4.69) is 0 Å². The summed E-state index contributed by atoms with van der Waals surface area (Å²) in [5.41, 5.74) is 0. The molecule has 0 aromatic rings. The van der Waals surface area contributed by atoms with Crippen molar-refractivity contribution in [2.75, 3.05) is 0 Å². The van der Waals surface area contributed by atoms with Gasteiger partial charge >= 0.3 is 43.4 Å². The Kier molecular flexibility index (Phi) is 2720. The molecule has 0 bridgehead atoms. The summed E-state index contributed by atoms with van der Waals surface area (Å²) in [6.07, 6.45) is 0. The first-order valence-electron chi connectivity index (χ1n) is 1.34. The van der Waals surface area contributed by atoms with E-state index >= 15 is 0 Å². The van der Waals surface area contributed by atoms with E-state index in [4.69, 9.17) is 71.0 Å². The van der Waals surface area contributed by atoms with Crippen molar-refractivity contribution in [1.29, 1.82) is 31.6 Å². The van der Waals surface area contributed by atoms with E-state index in [0.29, 0.717) is 0 Å². The fraction of sp³-hybridized carbons (Fsp3) is 0. The summed E-state index contributed by atoms with van der Waals surface area (Å²) >= 11 is 0. The molecule has 0 spiro atoms. The van der Waals surface area contributed by atoms with Gasteiger partial charge < -0.3 is 71.0 Å². The van der Waals surface area contributed by atoms with Gasteiger partial charge in [-0.25, -0.2) is 0 Å². The van der Waals surface area contributed by atoms with Crippen LogP contribution in [0.25, 0.3) is 0 Å². The van der Waals surface area contributed by atoms with Gasteiger partial charge in [-0.05, 0) is 0 Å². The minimum Gasteiger partial charge on any atom is -0.512 e. The largest absolute Gasteiger partial charge is 4.00 e. The van der Waals surface area contributed by atoms with Crippen LogP contribution in [0.3, 0.4) is 0 Å². The van der Waals surface area contributed by atoms with E-state index in [0.717, 1.165) is 0 Å². The van der Waals surface area contributed by atoms with Gasteiger partial charge in [-0.2, -0.15) is 0 Å². The van der Waals surface area contributed by atoms with Crippen LogP contribution in [0.15, 0.2) is 0 Å². The van der Waals surface area contributed by atoms with Gasteiger partial charge in [0.05, 0.1) is 0 Å². The molecule has 0 aliphatic rings. The van der Waals surface area contributed by atoms with Crippen LogP contribution in [-0.4, -0.2) is 23.9 Å². The van der Waals surface area contributed by atoms with Crippen molar-refractivity contribution >= 4 is 23.9 Å². The Morgan fingerprint density at radius 1 is 0.357 bits per heavy atom. The molecule has 0 fully saturated rings.